The lowest BCUT2D eigenvalue weighted by Gasteiger charge is -2.11. The van der Waals surface area contributed by atoms with Crippen molar-refractivity contribution in [2.45, 2.75) is 26.9 Å². The molecule has 5 heteroatoms. The Kier molecular flexibility index (Phi) is 4.85. The Bertz CT molecular complexity index is 456. The molecule has 1 aromatic carbocycles. The van der Waals surface area contributed by atoms with E-state index in [9.17, 15) is 9.59 Å². The Morgan fingerprint density at radius 1 is 1.39 bits per heavy atom. The lowest BCUT2D eigenvalue weighted by Crippen LogP contribution is -2.26. The highest BCUT2D eigenvalue weighted by atomic mass is 16.5. The summed E-state index contributed by atoms with van der Waals surface area (Å²) in [5.41, 5.74) is 2.77. The number of carbonyl (C=O) groups is 2. The first-order valence-corrected chi connectivity index (χ1v) is 5.61. The van der Waals surface area contributed by atoms with Crippen molar-refractivity contribution in [3.8, 4) is 0 Å². The van der Waals surface area contributed by atoms with Gasteiger partial charge in [0.25, 0.3) is 0 Å². The van der Waals surface area contributed by atoms with Gasteiger partial charge < -0.3 is 15.2 Å². The molecule has 0 spiro atoms. The molecule has 2 N–H and O–H groups in total. The highest BCUT2D eigenvalue weighted by Crippen LogP contribution is 2.15. The van der Waals surface area contributed by atoms with Gasteiger partial charge in [-0.3, -0.25) is 4.79 Å². The molecular weight excluding hydrogens is 234 g/mol. The second-order valence-electron chi connectivity index (χ2n) is 4.16. The van der Waals surface area contributed by atoms with Crippen molar-refractivity contribution in [2.75, 3.05) is 11.9 Å². The fraction of sp³-hybridized carbons (Fsp3) is 0.385. The first-order valence-electron chi connectivity index (χ1n) is 5.61. The molecule has 0 bridgehead atoms. The van der Waals surface area contributed by atoms with E-state index in [2.05, 4.69) is 5.32 Å². The zero-order chi connectivity index (χ0) is 13.7. The van der Waals surface area contributed by atoms with Crippen molar-refractivity contribution >= 4 is 17.6 Å². The van der Waals surface area contributed by atoms with Crippen LogP contribution in [-0.4, -0.2) is 29.7 Å². The van der Waals surface area contributed by atoms with Gasteiger partial charge in [-0.25, -0.2) is 4.79 Å². The lowest BCUT2D eigenvalue weighted by molar-refractivity contribution is -0.150. The van der Waals surface area contributed by atoms with E-state index in [1.165, 1.54) is 6.92 Å². The Hall–Kier alpha value is -1.88. The van der Waals surface area contributed by atoms with Crippen LogP contribution in [0.4, 0.5) is 5.69 Å². The number of aryl methyl sites for hydroxylation is 2. The van der Waals surface area contributed by atoms with Gasteiger partial charge in [-0.2, -0.15) is 0 Å². The van der Waals surface area contributed by atoms with E-state index in [1.54, 1.807) is 0 Å². The molecule has 1 atom stereocenters. The lowest BCUT2D eigenvalue weighted by atomic mass is 10.1. The predicted molar refractivity (Wildman–Crippen MR) is 67.6 cm³/mol. The molecule has 0 aromatic heterocycles. The quantitative estimate of drug-likeness (QED) is 0.835. The van der Waals surface area contributed by atoms with E-state index < -0.39 is 12.1 Å². The maximum Gasteiger partial charge on any atom is 0.332 e. The first-order chi connectivity index (χ1) is 8.40. The molecule has 0 aliphatic heterocycles. The maximum absolute atomic E-state index is 11.5. The van der Waals surface area contributed by atoms with Gasteiger partial charge in [0.05, 0.1) is 0 Å². The molecule has 0 heterocycles. The van der Waals surface area contributed by atoms with Crippen molar-refractivity contribution in [1.82, 2.24) is 0 Å². The van der Waals surface area contributed by atoms with Crippen molar-refractivity contribution in [3.63, 3.8) is 0 Å². The standard InChI is InChI=1S/C13H17NO4/c1-8-4-5-11(9(2)6-8)14-12(15)7-18-10(3)13(16)17/h4-6,10H,7H2,1-3H3,(H,14,15)(H,16,17)/t10-/m1/s1. The number of aliphatic carboxylic acids is 1. The van der Waals surface area contributed by atoms with Crippen LogP contribution in [-0.2, 0) is 14.3 Å². The number of amides is 1. The van der Waals surface area contributed by atoms with Crippen molar-refractivity contribution in [1.29, 1.82) is 0 Å². The van der Waals surface area contributed by atoms with Crippen LogP contribution in [0.15, 0.2) is 18.2 Å². The zero-order valence-electron chi connectivity index (χ0n) is 10.7. The molecule has 0 radical (unpaired) electrons. The van der Waals surface area contributed by atoms with E-state index in [0.717, 1.165) is 11.1 Å². The summed E-state index contributed by atoms with van der Waals surface area (Å²) in [6, 6.07) is 5.66. The fourth-order valence-corrected chi connectivity index (χ4v) is 1.41. The molecule has 18 heavy (non-hydrogen) atoms. The Morgan fingerprint density at radius 2 is 2.06 bits per heavy atom. The number of anilines is 1. The summed E-state index contributed by atoms with van der Waals surface area (Å²) in [7, 11) is 0. The average Bonchev–Trinajstić information content (AvgIpc) is 2.29. The zero-order valence-corrected chi connectivity index (χ0v) is 10.7. The Morgan fingerprint density at radius 3 is 2.61 bits per heavy atom. The normalized spacial score (nSPS) is 11.9. The largest absolute Gasteiger partial charge is 0.479 e. The van der Waals surface area contributed by atoms with Gasteiger partial charge in [0.1, 0.15) is 6.61 Å². The second kappa shape index (κ2) is 6.16. The molecule has 0 unspecified atom stereocenters. The van der Waals surface area contributed by atoms with Gasteiger partial charge in [0.15, 0.2) is 6.10 Å². The number of hydrogen-bond donors (Lipinski definition) is 2. The van der Waals surface area contributed by atoms with Crippen molar-refractivity contribution in [3.05, 3.63) is 29.3 Å². The molecular formula is C13H17NO4. The summed E-state index contributed by atoms with van der Waals surface area (Å²) in [4.78, 5) is 22.1. The van der Waals surface area contributed by atoms with E-state index in [-0.39, 0.29) is 12.5 Å². The summed E-state index contributed by atoms with van der Waals surface area (Å²) in [5.74, 6) is -1.45. The Balaban J connectivity index is 2.52. The topological polar surface area (TPSA) is 75.6 Å². The molecule has 1 amide bonds. The van der Waals surface area contributed by atoms with E-state index >= 15 is 0 Å². The van der Waals surface area contributed by atoms with E-state index in [0.29, 0.717) is 5.69 Å². The van der Waals surface area contributed by atoms with Crippen LogP contribution in [0.3, 0.4) is 0 Å². The van der Waals surface area contributed by atoms with Crippen LogP contribution < -0.4 is 5.32 Å². The number of benzene rings is 1. The number of ether oxygens (including phenoxy) is 1. The van der Waals surface area contributed by atoms with Gasteiger partial charge >= 0.3 is 5.97 Å². The number of carboxylic acids is 1. The molecule has 0 aliphatic rings. The Labute approximate surface area is 106 Å². The van der Waals surface area contributed by atoms with Crippen LogP contribution in [0.5, 0.6) is 0 Å². The van der Waals surface area contributed by atoms with Gasteiger partial charge in [0, 0.05) is 5.69 Å². The summed E-state index contributed by atoms with van der Waals surface area (Å²) < 4.78 is 4.89. The number of hydrogen-bond acceptors (Lipinski definition) is 3. The molecule has 0 saturated carbocycles. The van der Waals surface area contributed by atoms with Gasteiger partial charge in [0.2, 0.25) is 5.91 Å². The summed E-state index contributed by atoms with van der Waals surface area (Å²) >= 11 is 0. The molecule has 98 valence electrons. The molecule has 1 aromatic rings. The van der Waals surface area contributed by atoms with Gasteiger partial charge in [-0.1, -0.05) is 17.7 Å². The minimum atomic E-state index is -1.09. The minimum absolute atomic E-state index is 0.277. The number of carboxylic acid groups (broad SMARTS) is 1. The molecule has 0 fully saturated rings. The van der Waals surface area contributed by atoms with E-state index in [4.69, 9.17) is 9.84 Å². The average molecular weight is 251 g/mol. The van der Waals surface area contributed by atoms with Crippen LogP contribution in [0.2, 0.25) is 0 Å². The number of carbonyl (C=O) groups excluding carboxylic acids is 1. The third-order valence-corrected chi connectivity index (χ3v) is 2.47. The summed E-state index contributed by atoms with van der Waals surface area (Å²) in [5, 5.41) is 11.3. The number of nitrogens with one attached hydrogen (secondary N) is 1. The fourth-order valence-electron chi connectivity index (χ4n) is 1.41. The predicted octanol–water partition coefficient (Wildman–Crippen LogP) is 1.73. The molecule has 5 nitrogen and oxygen atoms in total. The van der Waals surface area contributed by atoms with Gasteiger partial charge in [-0.15, -0.1) is 0 Å². The smallest absolute Gasteiger partial charge is 0.332 e. The van der Waals surface area contributed by atoms with E-state index in [1.807, 2.05) is 32.0 Å². The third-order valence-electron chi connectivity index (χ3n) is 2.47. The number of rotatable bonds is 5. The highest BCUT2D eigenvalue weighted by Gasteiger charge is 2.13. The maximum atomic E-state index is 11.5. The van der Waals surface area contributed by atoms with Crippen LogP contribution >= 0.6 is 0 Å². The van der Waals surface area contributed by atoms with Crippen molar-refractivity contribution < 1.29 is 19.4 Å². The highest BCUT2D eigenvalue weighted by molar-refractivity contribution is 5.92. The SMILES string of the molecule is Cc1ccc(NC(=O)CO[C@H](C)C(=O)O)c(C)c1. The monoisotopic (exact) mass is 251 g/mol. The molecule has 0 aliphatic carbocycles. The van der Waals surface area contributed by atoms with Gasteiger partial charge in [-0.05, 0) is 32.4 Å². The van der Waals surface area contributed by atoms with Crippen molar-refractivity contribution in [2.24, 2.45) is 0 Å². The first kappa shape index (κ1) is 14.2. The summed E-state index contributed by atoms with van der Waals surface area (Å²) in [6.07, 6.45) is -0.991. The van der Waals surface area contributed by atoms with Crippen LogP contribution in [0.25, 0.3) is 0 Å². The second-order valence-corrected chi connectivity index (χ2v) is 4.16. The summed E-state index contributed by atoms with van der Waals surface area (Å²) in [6.45, 7) is 4.97. The molecule has 0 saturated heterocycles. The molecule has 1 rings (SSSR count). The minimum Gasteiger partial charge on any atom is -0.479 e. The third kappa shape index (κ3) is 4.18. The van der Waals surface area contributed by atoms with Crippen LogP contribution in [0, 0.1) is 13.8 Å². The van der Waals surface area contributed by atoms with Crippen LogP contribution in [0.1, 0.15) is 18.1 Å².